The molecular weight excluding hydrogens is 440 g/mol. The van der Waals surface area contributed by atoms with E-state index >= 15 is 0 Å². The number of nitrogens with one attached hydrogen (secondary N) is 1. The third-order valence-electron chi connectivity index (χ3n) is 5.48. The monoisotopic (exact) mass is 466 g/mol. The number of nitrogens with zero attached hydrogens (tertiary/aromatic N) is 3. The summed E-state index contributed by atoms with van der Waals surface area (Å²) in [5.74, 6) is 2.52. The zero-order valence-corrected chi connectivity index (χ0v) is 20.3. The van der Waals surface area contributed by atoms with Crippen molar-refractivity contribution < 1.29 is 4.74 Å². The number of rotatable bonds is 8. The molecule has 0 saturated carbocycles. The predicted octanol–water partition coefficient (Wildman–Crippen LogP) is 6.21. The van der Waals surface area contributed by atoms with Crippen LogP contribution in [-0.2, 0) is 19.6 Å². The van der Waals surface area contributed by atoms with Crippen LogP contribution < -0.4 is 10.1 Å². The summed E-state index contributed by atoms with van der Waals surface area (Å²) in [5.41, 5.74) is 3.46. The number of aromatic nitrogens is 2. The van der Waals surface area contributed by atoms with Gasteiger partial charge in [-0.2, -0.15) is 0 Å². The average molecular weight is 467 g/mol. The first-order chi connectivity index (χ1) is 15.4. The van der Waals surface area contributed by atoms with E-state index < -0.39 is 0 Å². The molecule has 0 fully saturated rings. The van der Waals surface area contributed by atoms with Crippen molar-refractivity contribution in [2.24, 2.45) is 0 Å². The molecule has 0 atom stereocenters. The van der Waals surface area contributed by atoms with Crippen LogP contribution in [-0.4, -0.2) is 29.0 Å². The first-order valence-electron chi connectivity index (χ1n) is 10.5. The highest BCUT2D eigenvalue weighted by molar-refractivity contribution is 7.18. The molecule has 5 nitrogen and oxygen atoms in total. The van der Waals surface area contributed by atoms with Crippen LogP contribution in [0.2, 0.25) is 5.02 Å². The summed E-state index contributed by atoms with van der Waals surface area (Å²) in [5, 5.41) is 5.36. The molecule has 0 radical (unpaired) electrons. The number of methoxy groups -OCH3 is 1. The number of halogens is 1. The van der Waals surface area contributed by atoms with Crippen molar-refractivity contribution in [2.45, 2.75) is 33.5 Å². The second-order valence-electron chi connectivity index (χ2n) is 7.92. The zero-order valence-electron chi connectivity index (χ0n) is 18.8. The molecule has 0 spiro atoms. The molecule has 0 aliphatic heterocycles. The minimum absolute atomic E-state index is 0.610. The molecule has 2 aromatic heterocycles. The first-order valence-corrected chi connectivity index (χ1v) is 11.7. The van der Waals surface area contributed by atoms with Gasteiger partial charge < -0.3 is 10.1 Å². The van der Waals surface area contributed by atoms with Crippen molar-refractivity contribution in [1.82, 2.24) is 14.9 Å². The molecule has 32 heavy (non-hydrogen) atoms. The second-order valence-corrected chi connectivity index (χ2v) is 9.53. The molecular formula is C25H27ClN4OS. The highest BCUT2D eigenvalue weighted by atomic mass is 35.5. The number of hydrogen-bond acceptors (Lipinski definition) is 6. The summed E-state index contributed by atoms with van der Waals surface area (Å²) in [4.78, 5) is 14.3. The highest BCUT2D eigenvalue weighted by Crippen LogP contribution is 2.34. The molecule has 2 heterocycles. The Balaban J connectivity index is 1.58. The van der Waals surface area contributed by atoms with Crippen LogP contribution in [0.15, 0.2) is 48.5 Å². The maximum Gasteiger partial charge on any atom is 0.146 e. The Hall–Kier alpha value is -2.67. The Kier molecular flexibility index (Phi) is 6.94. The minimum Gasteiger partial charge on any atom is -0.497 e. The van der Waals surface area contributed by atoms with Crippen molar-refractivity contribution >= 4 is 39.0 Å². The minimum atomic E-state index is 0.610. The topological polar surface area (TPSA) is 50.3 Å². The quantitative estimate of drug-likeness (QED) is 0.334. The summed E-state index contributed by atoms with van der Waals surface area (Å²) in [6.45, 7) is 6.30. The number of hydrogen-bond donors (Lipinski definition) is 1. The standard InChI is InChI=1S/C25H27ClN4OS/c1-16-17(2)32-25-23(16)24(27-13-19-9-5-6-11-21(19)26)28-22(29-25)15-30(3)14-18-8-7-10-20(12-18)31-4/h5-12H,13-15H2,1-4H3,(H,27,28,29). The van der Waals surface area contributed by atoms with Gasteiger partial charge in [-0.25, -0.2) is 9.97 Å². The van der Waals surface area contributed by atoms with Gasteiger partial charge in [0.1, 0.15) is 22.2 Å². The van der Waals surface area contributed by atoms with Crippen molar-refractivity contribution in [3.05, 3.63) is 80.9 Å². The Labute approximate surface area is 198 Å². The van der Waals surface area contributed by atoms with E-state index in [2.05, 4.69) is 43.2 Å². The average Bonchev–Trinajstić information content (AvgIpc) is 3.06. The zero-order chi connectivity index (χ0) is 22.7. The van der Waals surface area contributed by atoms with Crippen molar-refractivity contribution in [1.29, 1.82) is 0 Å². The number of thiophene rings is 1. The molecule has 0 aliphatic rings. The van der Waals surface area contributed by atoms with Gasteiger partial charge in [0.05, 0.1) is 19.0 Å². The smallest absolute Gasteiger partial charge is 0.146 e. The third kappa shape index (κ3) is 5.04. The number of anilines is 1. The predicted molar refractivity (Wildman–Crippen MR) is 134 cm³/mol. The summed E-state index contributed by atoms with van der Waals surface area (Å²) in [6.07, 6.45) is 0. The van der Waals surface area contributed by atoms with Crippen molar-refractivity contribution in [3.8, 4) is 5.75 Å². The van der Waals surface area contributed by atoms with Crippen LogP contribution in [0, 0.1) is 13.8 Å². The lowest BCUT2D eigenvalue weighted by Gasteiger charge is -2.17. The van der Waals surface area contributed by atoms with Gasteiger partial charge in [0.2, 0.25) is 0 Å². The van der Waals surface area contributed by atoms with Crippen LogP contribution in [0.1, 0.15) is 27.4 Å². The Morgan fingerprint density at radius 1 is 1.06 bits per heavy atom. The molecule has 0 amide bonds. The number of benzene rings is 2. The summed E-state index contributed by atoms with van der Waals surface area (Å²) in [7, 11) is 3.77. The molecule has 1 N–H and O–H groups in total. The van der Waals surface area contributed by atoms with E-state index in [1.165, 1.54) is 16.0 Å². The van der Waals surface area contributed by atoms with E-state index in [0.717, 1.165) is 44.7 Å². The molecule has 0 aliphatic carbocycles. The van der Waals surface area contributed by atoms with Crippen molar-refractivity contribution in [2.75, 3.05) is 19.5 Å². The molecule has 2 aromatic carbocycles. The maximum atomic E-state index is 6.36. The second kappa shape index (κ2) is 9.86. The van der Waals surface area contributed by atoms with E-state index in [1.807, 2.05) is 36.4 Å². The van der Waals surface area contributed by atoms with Gasteiger partial charge in [-0.05, 0) is 55.8 Å². The fourth-order valence-corrected chi connectivity index (χ4v) is 4.94. The van der Waals surface area contributed by atoms with Gasteiger partial charge in [-0.1, -0.05) is 41.9 Å². The summed E-state index contributed by atoms with van der Waals surface area (Å²) >= 11 is 8.07. The summed E-state index contributed by atoms with van der Waals surface area (Å²) in [6, 6.07) is 16.0. The maximum absolute atomic E-state index is 6.36. The van der Waals surface area contributed by atoms with E-state index in [4.69, 9.17) is 26.3 Å². The van der Waals surface area contributed by atoms with Gasteiger partial charge >= 0.3 is 0 Å². The van der Waals surface area contributed by atoms with Crippen LogP contribution in [0.3, 0.4) is 0 Å². The molecule has 4 rings (SSSR count). The molecule has 7 heteroatoms. The van der Waals surface area contributed by atoms with Gasteiger partial charge in [0.25, 0.3) is 0 Å². The molecule has 0 unspecified atom stereocenters. The number of aryl methyl sites for hydroxylation is 2. The lowest BCUT2D eigenvalue weighted by Crippen LogP contribution is -2.19. The first kappa shape index (κ1) is 22.5. The fourth-order valence-electron chi connectivity index (χ4n) is 3.69. The fraction of sp³-hybridized carbons (Fsp3) is 0.280. The molecule has 0 saturated heterocycles. The van der Waals surface area contributed by atoms with Crippen molar-refractivity contribution in [3.63, 3.8) is 0 Å². The van der Waals surface area contributed by atoms with E-state index in [1.54, 1.807) is 18.4 Å². The normalized spacial score (nSPS) is 11.3. The van der Waals surface area contributed by atoms with Gasteiger partial charge in [0.15, 0.2) is 0 Å². The van der Waals surface area contributed by atoms with Gasteiger partial charge in [-0.15, -0.1) is 11.3 Å². The van der Waals surface area contributed by atoms with E-state index in [0.29, 0.717) is 13.1 Å². The Bertz CT molecular complexity index is 1240. The number of fused-ring (bicyclic) bond motifs is 1. The van der Waals surface area contributed by atoms with E-state index in [9.17, 15) is 0 Å². The Morgan fingerprint density at radius 3 is 2.66 bits per heavy atom. The lowest BCUT2D eigenvalue weighted by atomic mass is 10.2. The lowest BCUT2D eigenvalue weighted by molar-refractivity contribution is 0.310. The van der Waals surface area contributed by atoms with Crippen LogP contribution >= 0.6 is 22.9 Å². The van der Waals surface area contributed by atoms with Crippen LogP contribution in [0.25, 0.3) is 10.2 Å². The van der Waals surface area contributed by atoms with Crippen LogP contribution in [0.5, 0.6) is 5.75 Å². The Morgan fingerprint density at radius 2 is 1.88 bits per heavy atom. The van der Waals surface area contributed by atoms with Gasteiger partial charge in [0, 0.05) is 23.0 Å². The SMILES string of the molecule is COc1cccc(CN(C)Cc2nc(NCc3ccccc3Cl)c3c(C)c(C)sc3n2)c1. The molecule has 4 aromatic rings. The molecule has 0 bridgehead atoms. The van der Waals surface area contributed by atoms with Gasteiger partial charge in [-0.3, -0.25) is 4.90 Å². The third-order valence-corrected chi connectivity index (χ3v) is 6.95. The van der Waals surface area contributed by atoms with Crippen LogP contribution in [0.4, 0.5) is 5.82 Å². The number of ether oxygens (including phenoxy) is 1. The summed E-state index contributed by atoms with van der Waals surface area (Å²) < 4.78 is 5.34. The van der Waals surface area contributed by atoms with E-state index in [-0.39, 0.29) is 0 Å². The largest absolute Gasteiger partial charge is 0.497 e. The highest BCUT2D eigenvalue weighted by Gasteiger charge is 2.16. The molecule has 166 valence electrons.